The van der Waals surface area contributed by atoms with Crippen molar-refractivity contribution in [3.8, 4) is 0 Å². The largest absolute Gasteiger partial charge is 0.454 e. The summed E-state index contributed by atoms with van der Waals surface area (Å²) in [4.78, 5) is 0. The molecular weight excluding hydrogens is 220 g/mol. The summed E-state index contributed by atoms with van der Waals surface area (Å²) in [5.41, 5.74) is 11.7. The van der Waals surface area contributed by atoms with Gasteiger partial charge in [0.15, 0.2) is 16.6 Å². The van der Waals surface area contributed by atoms with E-state index in [4.69, 9.17) is 15.6 Å². The molecule has 4 N–H and O–H groups in total. The molecule has 0 fully saturated rings. The highest BCUT2D eigenvalue weighted by atomic mass is 28.4. The van der Waals surface area contributed by atoms with Crippen molar-refractivity contribution in [2.45, 2.75) is 57.7 Å². The zero-order valence-electron chi connectivity index (χ0n) is 11.2. The average molecular weight is 249 g/mol. The zero-order chi connectivity index (χ0) is 12.3. The second kappa shape index (κ2) is 5.10. The van der Waals surface area contributed by atoms with Crippen LogP contribution in [0.3, 0.4) is 0 Å². The molecule has 0 unspecified atom stereocenters. The average Bonchev–Trinajstić information content (AvgIpc) is 1.96. The molecule has 5 heteroatoms. The first-order valence-corrected chi connectivity index (χ1v) is 11.7. The lowest BCUT2D eigenvalue weighted by atomic mass is 10.4. The molecule has 0 aliphatic heterocycles. The molecule has 15 heavy (non-hydrogen) atoms. The summed E-state index contributed by atoms with van der Waals surface area (Å²) in [6, 6.07) is 1.13. The highest BCUT2D eigenvalue weighted by Gasteiger charge is 2.42. The minimum Gasteiger partial charge on any atom is -0.454 e. The van der Waals surface area contributed by atoms with Gasteiger partial charge in [0.2, 0.25) is 0 Å². The van der Waals surface area contributed by atoms with E-state index < -0.39 is 16.6 Å². The lowest BCUT2D eigenvalue weighted by molar-refractivity contribution is 0.479. The molecule has 92 valence electrons. The van der Waals surface area contributed by atoms with E-state index in [0.29, 0.717) is 0 Å². The molecule has 0 amide bonds. The summed E-state index contributed by atoms with van der Waals surface area (Å²) in [5, 5.41) is -0.181. The van der Waals surface area contributed by atoms with Crippen LogP contribution >= 0.6 is 0 Å². The molecule has 0 heterocycles. The van der Waals surface area contributed by atoms with Gasteiger partial charge < -0.3 is 15.6 Å². The van der Waals surface area contributed by atoms with Crippen molar-refractivity contribution in [3.63, 3.8) is 0 Å². The molecule has 0 saturated heterocycles. The molecular formula is C10H28N2OSi2. The van der Waals surface area contributed by atoms with E-state index in [0.717, 1.165) is 19.0 Å². The Labute approximate surface area is 96.8 Å². The van der Waals surface area contributed by atoms with Crippen LogP contribution in [0.5, 0.6) is 0 Å². The van der Waals surface area contributed by atoms with Gasteiger partial charge in [-0.3, -0.25) is 0 Å². The number of hydrogen-bond acceptors (Lipinski definition) is 3. The number of rotatable bonds is 6. The fourth-order valence-electron chi connectivity index (χ4n) is 1.40. The van der Waals surface area contributed by atoms with Gasteiger partial charge in [0.05, 0.1) is 0 Å². The van der Waals surface area contributed by atoms with E-state index in [2.05, 4.69) is 40.0 Å². The van der Waals surface area contributed by atoms with Crippen LogP contribution in [0.4, 0.5) is 0 Å². The molecule has 0 aromatic heterocycles. The fraction of sp³-hybridized carbons (Fsp3) is 1.00. The normalized spacial score (nSPS) is 14.4. The lowest BCUT2D eigenvalue weighted by Crippen LogP contribution is -2.62. The first-order chi connectivity index (χ1) is 6.52. The Morgan fingerprint density at radius 2 is 1.60 bits per heavy atom. The third-order valence-electron chi connectivity index (χ3n) is 3.07. The summed E-state index contributed by atoms with van der Waals surface area (Å²) in [6.07, 6.45) is 1.06. The van der Waals surface area contributed by atoms with Crippen molar-refractivity contribution in [3.05, 3.63) is 0 Å². The van der Waals surface area contributed by atoms with E-state index in [-0.39, 0.29) is 5.16 Å². The van der Waals surface area contributed by atoms with Crippen LogP contribution in [-0.4, -0.2) is 28.3 Å². The first-order valence-electron chi connectivity index (χ1n) is 5.71. The quantitative estimate of drug-likeness (QED) is 0.707. The van der Waals surface area contributed by atoms with Gasteiger partial charge >= 0.3 is 0 Å². The maximum atomic E-state index is 6.39. The molecule has 0 radical (unpaired) electrons. The second-order valence-electron chi connectivity index (χ2n) is 5.99. The monoisotopic (exact) mass is 248 g/mol. The molecule has 0 saturated carbocycles. The Hall–Kier alpha value is 0.314. The van der Waals surface area contributed by atoms with Crippen LogP contribution in [-0.2, 0) is 4.12 Å². The fourth-order valence-corrected chi connectivity index (χ4v) is 9.44. The highest BCUT2D eigenvalue weighted by Crippen LogP contribution is 2.25. The van der Waals surface area contributed by atoms with Gasteiger partial charge in [-0.1, -0.05) is 0 Å². The van der Waals surface area contributed by atoms with Gasteiger partial charge in [0, 0.05) is 5.16 Å². The summed E-state index contributed by atoms with van der Waals surface area (Å²) in [7, 11) is -3.36. The van der Waals surface area contributed by atoms with E-state index in [9.17, 15) is 0 Å². The molecule has 0 aliphatic rings. The highest BCUT2D eigenvalue weighted by molar-refractivity contribution is 6.86. The van der Waals surface area contributed by atoms with Crippen molar-refractivity contribution in [1.82, 2.24) is 0 Å². The van der Waals surface area contributed by atoms with Crippen LogP contribution in [0.25, 0.3) is 0 Å². The van der Waals surface area contributed by atoms with Gasteiger partial charge in [0.1, 0.15) is 0 Å². The van der Waals surface area contributed by atoms with E-state index in [1.165, 1.54) is 0 Å². The smallest absolute Gasteiger partial charge is 0.192 e. The van der Waals surface area contributed by atoms with Crippen LogP contribution in [0.15, 0.2) is 0 Å². The van der Waals surface area contributed by atoms with E-state index >= 15 is 0 Å². The van der Waals surface area contributed by atoms with Crippen molar-refractivity contribution >= 4 is 16.6 Å². The van der Waals surface area contributed by atoms with Gasteiger partial charge in [0.25, 0.3) is 0 Å². The third kappa shape index (κ3) is 5.26. The predicted molar refractivity (Wildman–Crippen MR) is 72.8 cm³/mol. The molecule has 0 aliphatic carbocycles. The molecule has 0 rings (SSSR count). The minimum atomic E-state index is -1.79. The van der Waals surface area contributed by atoms with Gasteiger partial charge in [-0.2, -0.15) is 0 Å². The Kier molecular flexibility index (Phi) is 5.20. The summed E-state index contributed by atoms with van der Waals surface area (Å²) in [6.45, 7) is 13.9. The van der Waals surface area contributed by atoms with Crippen molar-refractivity contribution in [2.24, 2.45) is 11.5 Å². The Morgan fingerprint density at radius 3 is 1.93 bits per heavy atom. The van der Waals surface area contributed by atoms with Gasteiger partial charge in [-0.25, -0.2) is 0 Å². The molecule has 3 nitrogen and oxygen atoms in total. The van der Waals surface area contributed by atoms with Gasteiger partial charge in [-0.15, -0.1) is 0 Å². The zero-order valence-corrected chi connectivity index (χ0v) is 13.2. The van der Waals surface area contributed by atoms with E-state index in [1.807, 2.05) is 0 Å². The molecule has 0 aromatic rings. The first kappa shape index (κ1) is 15.3. The summed E-state index contributed by atoms with van der Waals surface area (Å²) < 4.78 is 6.39. The molecule has 0 bridgehead atoms. The van der Waals surface area contributed by atoms with Crippen LogP contribution in [0.1, 0.15) is 20.3 Å². The van der Waals surface area contributed by atoms with Crippen molar-refractivity contribution in [2.75, 3.05) is 6.54 Å². The standard InChI is InChI=1S/C10H28N2OSi2/c1-10(2,12)15(5,6)13-14(3,4)9-7-8-11/h7-9,11-12H2,1-6H3. The summed E-state index contributed by atoms with van der Waals surface area (Å²) >= 11 is 0. The van der Waals surface area contributed by atoms with Crippen molar-refractivity contribution in [1.29, 1.82) is 0 Å². The molecule has 0 atom stereocenters. The predicted octanol–water partition coefficient (Wildman–Crippen LogP) is 2.04. The minimum absolute atomic E-state index is 0.181. The maximum absolute atomic E-state index is 6.39. The third-order valence-corrected chi connectivity index (χ3v) is 12.0. The SMILES string of the molecule is CC(C)(N)[Si](C)(C)O[Si](C)(C)CCCN. The second-order valence-corrected chi connectivity index (χ2v) is 15.1. The Morgan fingerprint density at radius 1 is 1.13 bits per heavy atom. The van der Waals surface area contributed by atoms with Crippen LogP contribution in [0, 0.1) is 0 Å². The van der Waals surface area contributed by atoms with Crippen LogP contribution in [0.2, 0.25) is 32.2 Å². The van der Waals surface area contributed by atoms with Crippen LogP contribution < -0.4 is 11.5 Å². The Balaban J connectivity index is 4.43. The topological polar surface area (TPSA) is 61.3 Å². The lowest BCUT2D eigenvalue weighted by Gasteiger charge is -2.42. The molecule has 0 aromatic carbocycles. The molecule has 0 spiro atoms. The maximum Gasteiger partial charge on any atom is 0.192 e. The number of hydrogen-bond donors (Lipinski definition) is 2. The van der Waals surface area contributed by atoms with E-state index in [1.54, 1.807) is 0 Å². The Bertz CT molecular complexity index is 200. The van der Waals surface area contributed by atoms with Gasteiger partial charge in [-0.05, 0) is 59.0 Å². The summed E-state index contributed by atoms with van der Waals surface area (Å²) in [5.74, 6) is 0. The number of nitrogens with two attached hydrogens (primary N) is 2. The van der Waals surface area contributed by atoms with Crippen molar-refractivity contribution < 1.29 is 4.12 Å².